The van der Waals surface area contributed by atoms with Crippen LogP contribution in [0, 0.1) is 0 Å². The van der Waals surface area contributed by atoms with E-state index < -0.39 is 29.6 Å². The lowest BCUT2D eigenvalue weighted by molar-refractivity contribution is -0.127. The third kappa shape index (κ3) is 7.64. The molecule has 12 heteroatoms. The summed E-state index contributed by atoms with van der Waals surface area (Å²) in [5, 5.41) is 2.74. The van der Waals surface area contributed by atoms with Crippen molar-refractivity contribution >= 4 is 69.8 Å². The number of rotatable bonds is 11. The van der Waals surface area contributed by atoms with Crippen molar-refractivity contribution in [2.75, 3.05) is 25.1 Å². The Hall–Kier alpha value is -3.99. The fourth-order valence-corrected chi connectivity index (χ4v) is 5.10. The number of thioether (sulfide) groups is 1. The van der Waals surface area contributed by atoms with Gasteiger partial charge < -0.3 is 19.5 Å². The van der Waals surface area contributed by atoms with E-state index in [9.17, 15) is 19.2 Å². The van der Waals surface area contributed by atoms with Gasteiger partial charge in [0, 0.05) is 16.3 Å². The highest BCUT2D eigenvalue weighted by molar-refractivity contribution is 8.18. The Morgan fingerprint density at radius 3 is 2.45 bits per heavy atom. The average molecular weight is 630 g/mol. The summed E-state index contributed by atoms with van der Waals surface area (Å²) in [4.78, 5) is 51.4. The third-order valence-corrected chi connectivity index (χ3v) is 7.43. The van der Waals surface area contributed by atoms with Crippen LogP contribution in [0.2, 0.25) is 10.0 Å². The zero-order valence-electron chi connectivity index (χ0n) is 22.6. The molecule has 1 aliphatic heterocycles. The predicted molar refractivity (Wildman–Crippen MR) is 162 cm³/mol. The first-order chi connectivity index (χ1) is 20.2. The molecule has 1 heterocycles. The van der Waals surface area contributed by atoms with Gasteiger partial charge in [0.15, 0.2) is 11.5 Å². The molecule has 218 valence electrons. The summed E-state index contributed by atoms with van der Waals surface area (Å²) in [5.41, 5.74) is 1.76. The molecule has 0 unspecified atom stereocenters. The van der Waals surface area contributed by atoms with Crippen LogP contribution in [0.1, 0.15) is 35.3 Å². The van der Waals surface area contributed by atoms with E-state index in [1.807, 2.05) is 25.1 Å². The molecule has 42 heavy (non-hydrogen) atoms. The van der Waals surface area contributed by atoms with Gasteiger partial charge in [-0.05, 0) is 73.6 Å². The molecule has 3 aromatic carbocycles. The van der Waals surface area contributed by atoms with Gasteiger partial charge in [-0.3, -0.25) is 19.3 Å². The number of imide groups is 1. The molecular formula is C30H26Cl2N2O7S. The largest absolute Gasteiger partial charge is 0.490 e. The minimum atomic E-state index is -0.637. The third-order valence-electron chi connectivity index (χ3n) is 5.83. The van der Waals surface area contributed by atoms with Crippen LogP contribution in [0.4, 0.5) is 10.5 Å². The van der Waals surface area contributed by atoms with E-state index in [-0.39, 0.29) is 34.4 Å². The molecule has 0 radical (unpaired) electrons. The summed E-state index contributed by atoms with van der Waals surface area (Å²) in [6.07, 6.45) is 1.55. The van der Waals surface area contributed by atoms with Gasteiger partial charge in [0.25, 0.3) is 11.1 Å². The van der Waals surface area contributed by atoms with Crippen LogP contribution in [-0.4, -0.2) is 47.7 Å². The molecular weight excluding hydrogens is 603 g/mol. The van der Waals surface area contributed by atoms with E-state index in [4.69, 9.17) is 37.4 Å². The molecule has 0 aromatic heterocycles. The highest BCUT2D eigenvalue weighted by Crippen LogP contribution is 2.35. The normalized spacial score (nSPS) is 13.8. The predicted octanol–water partition coefficient (Wildman–Crippen LogP) is 6.82. The number of carbonyl (C=O) groups excluding carboxylic acids is 4. The van der Waals surface area contributed by atoms with Gasteiger partial charge in [0.2, 0.25) is 5.91 Å². The molecule has 3 amide bonds. The maximum atomic E-state index is 13.0. The van der Waals surface area contributed by atoms with Crippen molar-refractivity contribution in [3.05, 3.63) is 92.3 Å². The average Bonchev–Trinajstić information content (AvgIpc) is 3.21. The lowest BCUT2D eigenvalue weighted by Crippen LogP contribution is -2.36. The van der Waals surface area contributed by atoms with E-state index in [2.05, 4.69) is 5.32 Å². The highest BCUT2D eigenvalue weighted by Gasteiger charge is 2.36. The quantitative estimate of drug-likeness (QED) is 0.182. The number of amides is 3. The zero-order chi connectivity index (χ0) is 30.2. The van der Waals surface area contributed by atoms with Gasteiger partial charge in [0.1, 0.15) is 13.2 Å². The number of esters is 1. The first-order valence-electron chi connectivity index (χ1n) is 12.8. The number of benzene rings is 3. The summed E-state index contributed by atoms with van der Waals surface area (Å²) in [5.74, 6) is -0.925. The summed E-state index contributed by atoms with van der Waals surface area (Å²) in [7, 11) is 0. The van der Waals surface area contributed by atoms with Gasteiger partial charge in [0.05, 0.1) is 28.7 Å². The first kappa shape index (κ1) is 31.0. The topological polar surface area (TPSA) is 111 Å². The van der Waals surface area contributed by atoms with Crippen molar-refractivity contribution < 1.29 is 33.4 Å². The van der Waals surface area contributed by atoms with Crippen molar-refractivity contribution in [2.24, 2.45) is 0 Å². The molecule has 0 aliphatic carbocycles. The Morgan fingerprint density at radius 1 is 0.929 bits per heavy atom. The van der Waals surface area contributed by atoms with Gasteiger partial charge in [-0.1, -0.05) is 47.5 Å². The summed E-state index contributed by atoms with van der Waals surface area (Å²) in [6.45, 7) is 3.76. The smallest absolute Gasteiger partial charge is 0.339 e. The van der Waals surface area contributed by atoms with Gasteiger partial charge in [-0.2, -0.15) is 0 Å². The Labute approximate surface area is 256 Å². The molecule has 1 aliphatic rings. The van der Waals surface area contributed by atoms with Crippen molar-refractivity contribution in [1.82, 2.24) is 4.90 Å². The number of nitrogens with one attached hydrogen (secondary N) is 1. The highest BCUT2D eigenvalue weighted by atomic mass is 35.5. The molecule has 0 bridgehead atoms. The first-order valence-corrected chi connectivity index (χ1v) is 14.4. The van der Waals surface area contributed by atoms with Gasteiger partial charge in [-0.25, -0.2) is 4.79 Å². The van der Waals surface area contributed by atoms with Gasteiger partial charge >= 0.3 is 5.97 Å². The van der Waals surface area contributed by atoms with E-state index in [1.165, 1.54) is 18.2 Å². The second kappa shape index (κ2) is 14.3. The molecule has 3 aromatic rings. The fourth-order valence-electron chi connectivity index (χ4n) is 3.87. The molecule has 9 nitrogen and oxygen atoms in total. The lowest BCUT2D eigenvalue weighted by atomic mass is 10.1. The Kier molecular flexibility index (Phi) is 10.5. The van der Waals surface area contributed by atoms with E-state index >= 15 is 0 Å². The summed E-state index contributed by atoms with van der Waals surface area (Å²) < 4.78 is 16.6. The minimum Gasteiger partial charge on any atom is -0.490 e. The molecule has 1 saturated heterocycles. The van der Waals surface area contributed by atoms with E-state index in [0.717, 1.165) is 22.2 Å². The second-order valence-electron chi connectivity index (χ2n) is 8.75. The lowest BCUT2D eigenvalue weighted by Gasteiger charge is -2.14. The number of halogens is 2. The van der Waals surface area contributed by atoms with Crippen LogP contribution in [0.3, 0.4) is 0 Å². The fraction of sp³-hybridized carbons (Fsp3) is 0.200. The van der Waals surface area contributed by atoms with Crippen LogP contribution >= 0.6 is 35.0 Å². The Bertz CT molecular complexity index is 1560. The number of hydrogen-bond acceptors (Lipinski definition) is 8. The molecule has 0 spiro atoms. The van der Waals surface area contributed by atoms with Crippen LogP contribution < -0.4 is 14.8 Å². The minimum absolute atomic E-state index is 0.0807. The maximum absolute atomic E-state index is 13.0. The zero-order valence-corrected chi connectivity index (χ0v) is 25.0. The number of nitrogens with zero attached hydrogens (tertiary/aromatic N) is 1. The molecule has 0 saturated carbocycles. The maximum Gasteiger partial charge on any atom is 0.339 e. The molecule has 0 atom stereocenters. The van der Waals surface area contributed by atoms with Crippen LogP contribution in [0.25, 0.3) is 6.08 Å². The Balaban J connectivity index is 1.44. The van der Waals surface area contributed by atoms with Crippen molar-refractivity contribution in [2.45, 2.75) is 20.5 Å². The number of anilines is 1. The van der Waals surface area contributed by atoms with E-state index in [1.54, 1.807) is 37.3 Å². The monoisotopic (exact) mass is 628 g/mol. The number of carbonyl (C=O) groups is 4. The second-order valence-corrected chi connectivity index (χ2v) is 10.6. The summed E-state index contributed by atoms with van der Waals surface area (Å²) >= 11 is 13.0. The Morgan fingerprint density at radius 2 is 1.71 bits per heavy atom. The summed E-state index contributed by atoms with van der Waals surface area (Å²) in [6, 6.07) is 16.8. The standard InChI is InChI=1S/C30H26Cl2N2O7S/c1-3-39-25-13-18(9-12-24(25)41-17-19-7-5-6-8-22(19)31)14-26-28(36)34(30(38)42-26)16-27(35)33-20-10-11-23(32)21(15-20)29(37)40-4-2/h5-15H,3-4,16-17H2,1-2H3,(H,33,35)/b26-14+. The van der Waals surface area contributed by atoms with E-state index in [0.29, 0.717) is 28.7 Å². The molecule has 4 rings (SSSR count). The number of hydrogen-bond donors (Lipinski definition) is 1. The molecule has 1 N–H and O–H groups in total. The molecule has 1 fully saturated rings. The van der Waals surface area contributed by atoms with Crippen molar-refractivity contribution in [3.63, 3.8) is 0 Å². The van der Waals surface area contributed by atoms with Crippen LogP contribution in [0.15, 0.2) is 65.6 Å². The van der Waals surface area contributed by atoms with Crippen molar-refractivity contribution in [1.29, 1.82) is 0 Å². The van der Waals surface area contributed by atoms with Crippen LogP contribution in [0.5, 0.6) is 11.5 Å². The SMILES string of the molecule is CCOC(=O)c1cc(NC(=O)CN2C(=O)S/C(=C/c3ccc(OCc4ccccc4Cl)c(OCC)c3)C2=O)ccc1Cl. The number of ether oxygens (including phenoxy) is 3. The van der Waals surface area contributed by atoms with Crippen molar-refractivity contribution in [3.8, 4) is 11.5 Å². The van der Waals surface area contributed by atoms with Gasteiger partial charge in [-0.15, -0.1) is 0 Å². The van der Waals surface area contributed by atoms with Crippen LogP contribution in [-0.2, 0) is 20.9 Å².